The quantitative estimate of drug-likeness (QED) is 0.815. The average molecular weight is 264 g/mol. The molecule has 5 nitrogen and oxygen atoms in total. The Bertz CT molecular complexity index is 478. The lowest BCUT2D eigenvalue weighted by atomic mass is 9.87. The Morgan fingerprint density at radius 2 is 1.84 bits per heavy atom. The number of carbonyl (C=O) groups is 2. The molecule has 0 radical (unpaired) electrons. The summed E-state index contributed by atoms with van der Waals surface area (Å²) in [4.78, 5) is 23.6. The van der Waals surface area contributed by atoms with Gasteiger partial charge < -0.3 is 15.8 Å². The van der Waals surface area contributed by atoms with Gasteiger partial charge in [-0.2, -0.15) is 0 Å². The van der Waals surface area contributed by atoms with Gasteiger partial charge in [0.1, 0.15) is 0 Å². The molecule has 5 heteroatoms. The van der Waals surface area contributed by atoms with Gasteiger partial charge in [-0.15, -0.1) is 0 Å². The van der Waals surface area contributed by atoms with Gasteiger partial charge in [0.05, 0.1) is 24.4 Å². The van der Waals surface area contributed by atoms with Crippen molar-refractivity contribution in [3.63, 3.8) is 0 Å². The highest BCUT2D eigenvalue weighted by atomic mass is 16.5. The molecule has 1 rings (SSSR count). The van der Waals surface area contributed by atoms with Crippen LogP contribution in [0.5, 0.6) is 0 Å². The summed E-state index contributed by atoms with van der Waals surface area (Å²) in [5, 5.41) is 2.67. The Kier molecular flexibility index (Phi) is 4.67. The fourth-order valence-electron chi connectivity index (χ4n) is 1.48. The number of hydrogen-bond acceptors (Lipinski definition) is 4. The van der Waals surface area contributed by atoms with Crippen LogP contribution in [0.4, 0.5) is 5.69 Å². The van der Waals surface area contributed by atoms with E-state index in [4.69, 9.17) is 5.73 Å². The van der Waals surface area contributed by atoms with Gasteiger partial charge in [0, 0.05) is 0 Å². The van der Waals surface area contributed by atoms with Gasteiger partial charge in [-0.05, 0) is 17.5 Å². The molecular formula is C14H20N2O3. The minimum Gasteiger partial charge on any atom is -0.465 e. The van der Waals surface area contributed by atoms with Crippen LogP contribution < -0.4 is 11.1 Å². The topological polar surface area (TPSA) is 81.4 Å². The SMILES string of the molecule is COC(=O)c1ccccc1NC(=O)[C@@H](N)C(C)(C)C. The normalized spacial score (nSPS) is 12.7. The van der Waals surface area contributed by atoms with E-state index >= 15 is 0 Å². The largest absolute Gasteiger partial charge is 0.465 e. The first kappa shape index (κ1) is 15.2. The Hall–Kier alpha value is -1.88. The molecule has 1 aromatic rings. The maximum absolute atomic E-state index is 12.0. The molecule has 104 valence electrons. The van der Waals surface area contributed by atoms with Gasteiger partial charge in [0.25, 0.3) is 0 Å². The van der Waals surface area contributed by atoms with Crippen molar-refractivity contribution in [1.82, 2.24) is 0 Å². The standard InChI is InChI=1S/C14H20N2O3/c1-14(2,3)11(15)12(17)16-10-8-6-5-7-9(10)13(18)19-4/h5-8,11H,15H2,1-4H3,(H,16,17)/t11-/m1/s1. The number of ether oxygens (including phenoxy) is 1. The van der Waals surface area contributed by atoms with Crippen LogP contribution in [0.25, 0.3) is 0 Å². The molecule has 1 aromatic carbocycles. The maximum atomic E-state index is 12.0. The Labute approximate surface area is 113 Å². The third-order valence-corrected chi connectivity index (χ3v) is 2.81. The van der Waals surface area contributed by atoms with Crippen molar-refractivity contribution >= 4 is 17.6 Å². The number of hydrogen-bond donors (Lipinski definition) is 2. The molecule has 0 saturated carbocycles. The molecule has 0 aliphatic rings. The Balaban J connectivity index is 2.95. The van der Waals surface area contributed by atoms with E-state index in [1.165, 1.54) is 7.11 Å². The fraction of sp³-hybridized carbons (Fsp3) is 0.429. The average Bonchev–Trinajstić information content (AvgIpc) is 2.36. The minimum absolute atomic E-state index is 0.305. The number of esters is 1. The van der Waals surface area contributed by atoms with Crippen LogP contribution in [0.1, 0.15) is 31.1 Å². The van der Waals surface area contributed by atoms with Gasteiger partial charge in [0.15, 0.2) is 0 Å². The first-order valence-corrected chi connectivity index (χ1v) is 6.01. The van der Waals surface area contributed by atoms with E-state index in [9.17, 15) is 9.59 Å². The van der Waals surface area contributed by atoms with Crippen molar-refractivity contribution in [3.05, 3.63) is 29.8 Å². The van der Waals surface area contributed by atoms with Gasteiger partial charge in [0.2, 0.25) is 5.91 Å². The molecule has 0 saturated heterocycles. The molecule has 0 heterocycles. The molecule has 0 aliphatic heterocycles. The maximum Gasteiger partial charge on any atom is 0.339 e. The Morgan fingerprint density at radius 1 is 1.26 bits per heavy atom. The summed E-state index contributed by atoms with van der Waals surface area (Å²) in [7, 11) is 1.29. The van der Waals surface area contributed by atoms with E-state index in [2.05, 4.69) is 10.1 Å². The monoisotopic (exact) mass is 264 g/mol. The van der Waals surface area contributed by atoms with Gasteiger partial charge >= 0.3 is 5.97 Å². The van der Waals surface area contributed by atoms with E-state index in [0.29, 0.717) is 11.3 Å². The minimum atomic E-state index is -0.668. The zero-order chi connectivity index (χ0) is 14.6. The molecule has 1 atom stereocenters. The van der Waals surface area contributed by atoms with Crippen molar-refractivity contribution in [2.75, 3.05) is 12.4 Å². The summed E-state index contributed by atoms with van der Waals surface area (Å²) >= 11 is 0. The second-order valence-electron chi connectivity index (χ2n) is 5.37. The third kappa shape index (κ3) is 3.79. The summed E-state index contributed by atoms with van der Waals surface area (Å²) in [6.45, 7) is 5.64. The number of amides is 1. The van der Waals surface area contributed by atoms with Crippen molar-refractivity contribution in [3.8, 4) is 0 Å². The molecule has 0 unspecified atom stereocenters. The Morgan fingerprint density at radius 3 is 2.37 bits per heavy atom. The van der Waals surface area contributed by atoms with Gasteiger partial charge in [-0.1, -0.05) is 32.9 Å². The molecule has 1 amide bonds. The number of para-hydroxylation sites is 1. The number of anilines is 1. The third-order valence-electron chi connectivity index (χ3n) is 2.81. The van der Waals surface area contributed by atoms with E-state index < -0.39 is 12.0 Å². The van der Waals surface area contributed by atoms with Crippen LogP contribution in [0, 0.1) is 5.41 Å². The van der Waals surface area contributed by atoms with E-state index in [0.717, 1.165) is 0 Å². The number of carbonyl (C=O) groups excluding carboxylic acids is 2. The van der Waals surface area contributed by atoms with Gasteiger partial charge in [-0.3, -0.25) is 4.79 Å². The summed E-state index contributed by atoms with van der Waals surface area (Å²) in [6.07, 6.45) is 0. The lowest BCUT2D eigenvalue weighted by Crippen LogP contribution is -2.45. The summed E-state index contributed by atoms with van der Waals surface area (Å²) in [5.41, 5.74) is 6.22. The highest BCUT2D eigenvalue weighted by molar-refractivity contribution is 6.02. The summed E-state index contributed by atoms with van der Waals surface area (Å²) < 4.78 is 4.66. The van der Waals surface area contributed by atoms with E-state index in [-0.39, 0.29) is 11.3 Å². The van der Waals surface area contributed by atoms with Crippen molar-refractivity contribution < 1.29 is 14.3 Å². The molecular weight excluding hydrogens is 244 g/mol. The summed E-state index contributed by atoms with van der Waals surface area (Å²) in [5.74, 6) is -0.830. The first-order valence-electron chi connectivity index (χ1n) is 6.01. The van der Waals surface area contributed by atoms with Crippen molar-refractivity contribution in [2.45, 2.75) is 26.8 Å². The predicted molar refractivity (Wildman–Crippen MR) is 73.8 cm³/mol. The molecule has 0 aliphatic carbocycles. The van der Waals surface area contributed by atoms with E-state index in [1.807, 2.05) is 20.8 Å². The predicted octanol–water partition coefficient (Wildman–Crippen LogP) is 1.79. The van der Waals surface area contributed by atoms with Crippen LogP contribution in [0.15, 0.2) is 24.3 Å². The number of rotatable bonds is 3. The second-order valence-corrected chi connectivity index (χ2v) is 5.37. The van der Waals surface area contributed by atoms with Crippen LogP contribution >= 0.6 is 0 Å². The molecule has 0 spiro atoms. The molecule has 19 heavy (non-hydrogen) atoms. The van der Waals surface area contributed by atoms with Crippen molar-refractivity contribution in [1.29, 1.82) is 0 Å². The van der Waals surface area contributed by atoms with Gasteiger partial charge in [-0.25, -0.2) is 4.79 Å². The summed E-state index contributed by atoms with van der Waals surface area (Å²) in [6, 6.07) is 5.98. The van der Waals surface area contributed by atoms with Crippen molar-refractivity contribution in [2.24, 2.45) is 11.1 Å². The van der Waals surface area contributed by atoms with Crippen LogP contribution in [0.3, 0.4) is 0 Å². The number of benzene rings is 1. The number of nitrogens with one attached hydrogen (secondary N) is 1. The van der Waals surface area contributed by atoms with Crippen LogP contribution in [-0.2, 0) is 9.53 Å². The molecule has 3 N–H and O–H groups in total. The molecule has 0 aromatic heterocycles. The first-order chi connectivity index (χ1) is 8.77. The van der Waals surface area contributed by atoms with Crippen LogP contribution in [0.2, 0.25) is 0 Å². The second kappa shape index (κ2) is 5.84. The molecule has 0 bridgehead atoms. The highest BCUT2D eigenvalue weighted by Gasteiger charge is 2.28. The smallest absolute Gasteiger partial charge is 0.339 e. The zero-order valence-electron chi connectivity index (χ0n) is 11.7. The van der Waals surface area contributed by atoms with Crippen LogP contribution in [-0.4, -0.2) is 25.0 Å². The number of nitrogens with two attached hydrogens (primary N) is 1. The zero-order valence-corrected chi connectivity index (χ0v) is 11.7. The molecule has 0 fully saturated rings. The highest BCUT2D eigenvalue weighted by Crippen LogP contribution is 2.21. The number of methoxy groups -OCH3 is 1. The lowest BCUT2D eigenvalue weighted by Gasteiger charge is -2.26. The fourth-order valence-corrected chi connectivity index (χ4v) is 1.48. The lowest BCUT2D eigenvalue weighted by molar-refractivity contribution is -0.119. The van der Waals surface area contributed by atoms with E-state index in [1.54, 1.807) is 24.3 Å².